The van der Waals surface area contributed by atoms with Crippen LogP contribution in [-0.2, 0) is 4.79 Å². The summed E-state index contributed by atoms with van der Waals surface area (Å²) in [5.74, 6) is 0.367. The summed E-state index contributed by atoms with van der Waals surface area (Å²) >= 11 is 5.85. The molecule has 1 saturated heterocycles. The average Bonchev–Trinajstić information content (AvgIpc) is 2.34. The van der Waals surface area contributed by atoms with E-state index in [4.69, 9.17) is 11.6 Å². The minimum Gasteiger partial charge on any atom is -0.323 e. The first-order chi connectivity index (χ1) is 8.58. The molecular formula is C13H18ClN3O. The van der Waals surface area contributed by atoms with Crippen LogP contribution in [0.25, 0.3) is 0 Å². The molecule has 5 heteroatoms. The van der Waals surface area contributed by atoms with Crippen LogP contribution in [0.1, 0.15) is 25.3 Å². The summed E-state index contributed by atoms with van der Waals surface area (Å²) < 4.78 is 0. The van der Waals surface area contributed by atoms with Crippen LogP contribution in [0.4, 0.5) is 5.69 Å². The van der Waals surface area contributed by atoms with Gasteiger partial charge in [0.05, 0.1) is 17.9 Å². The lowest BCUT2D eigenvalue weighted by Crippen LogP contribution is -2.48. The summed E-state index contributed by atoms with van der Waals surface area (Å²) in [6, 6.07) is 1.72. The van der Waals surface area contributed by atoms with Crippen molar-refractivity contribution in [2.75, 3.05) is 11.9 Å². The number of aryl methyl sites for hydroxylation is 1. The highest BCUT2D eigenvalue weighted by Crippen LogP contribution is 2.19. The van der Waals surface area contributed by atoms with Crippen molar-refractivity contribution < 1.29 is 4.79 Å². The van der Waals surface area contributed by atoms with E-state index < -0.39 is 0 Å². The molecule has 2 N–H and O–H groups in total. The quantitative estimate of drug-likeness (QED) is 0.809. The van der Waals surface area contributed by atoms with E-state index in [0.717, 1.165) is 24.9 Å². The van der Waals surface area contributed by atoms with Crippen molar-refractivity contribution in [3.8, 4) is 0 Å². The van der Waals surface area contributed by atoms with Crippen LogP contribution in [0.5, 0.6) is 0 Å². The Labute approximate surface area is 112 Å². The van der Waals surface area contributed by atoms with E-state index in [1.807, 2.05) is 13.0 Å². The number of halogens is 1. The number of aromatic nitrogens is 1. The highest BCUT2D eigenvalue weighted by atomic mass is 35.5. The molecule has 0 bridgehead atoms. The summed E-state index contributed by atoms with van der Waals surface area (Å²) in [6.07, 6.45) is 3.80. The summed E-state index contributed by atoms with van der Waals surface area (Å²) in [5, 5.41) is 6.61. The Hall–Kier alpha value is -1.13. The van der Waals surface area contributed by atoms with Crippen molar-refractivity contribution in [3.63, 3.8) is 0 Å². The third kappa shape index (κ3) is 3.00. The van der Waals surface area contributed by atoms with E-state index in [1.165, 1.54) is 0 Å². The van der Waals surface area contributed by atoms with Crippen LogP contribution in [-0.4, -0.2) is 23.5 Å². The zero-order chi connectivity index (χ0) is 13.1. The molecule has 0 spiro atoms. The predicted molar refractivity (Wildman–Crippen MR) is 72.8 cm³/mol. The van der Waals surface area contributed by atoms with Gasteiger partial charge in [-0.3, -0.25) is 4.79 Å². The third-order valence-corrected chi connectivity index (χ3v) is 3.73. The van der Waals surface area contributed by atoms with Gasteiger partial charge in [-0.05, 0) is 43.9 Å². The van der Waals surface area contributed by atoms with Gasteiger partial charge in [0.1, 0.15) is 5.15 Å². The van der Waals surface area contributed by atoms with Gasteiger partial charge in [-0.1, -0.05) is 18.5 Å². The number of carbonyl (C=O) groups excluding carboxylic acids is 1. The fourth-order valence-corrected chi connectivity index (χ4v) is 2.35. The van der Waals surface area contributed by atoms with Crippen molar-refractivity contribution in [1.82, 2.24) is 10.3 Å². The molecule has 0 aromatic carbocycles. The highest BCUT2D eigenvalue weighted by Gasteiger charge is 2.27. The zero-order valence-electron chi connectivity index (χ0n) is 10.7. The summed E-state index contributed by atoms with van der Waals surface area (Å²) in [5.41, 5.74) is 1.56. The molecule has 98 valence electrons. The number of rotatable bonds is 2. The van der Waals surface area contributed by atoms with Gasteiger partial charge in [0.2, 0.25) is 5.91 Å². The first-order valence-electron chi connectivity index (χ1n) is 6.24. The summed E-state index contributed by atoms with van der Waals surface area (Å²) in [7, 11) is 0. The number of piperidine rings is 1. The normalized spacial score (nSPS) is 23.7. The van der Waals surface area contributed by atoms with Crippen molar-refractivity contribution in [3.05, 3.63) is 23.0 Å². The molecule has 1 aliphatic rings. The molecule has 1 aliphatic heterocycles. The number of nitrogens with one attached hydrogen (secondary N) is 2. The topological polar surface area (TPSA) is 54.0 Å². The Morgan fingerprint density at radius 3 is 3.06 bits per heavy atom. The molecule has 2 atom stereocenters. The van der Waals surface area contributed by atoms with E-state index in [0.29, 0.717) is 16.8 Å². The van der Waals surface area contributed by atoms with Gasteiger partial charge >= 0.3 is 0 Å². The lowest BCUT2D eigenvalue weighted by atomic mass is 9.92. The molecule has 1 fully saturated rings. The standard InChI is InChI=1S/C13H18ClN3O/c1-8-4-3-5-15-11(8)13(18)17-10-6-9(2)12(14)16-7-10/h6-8,11,15H,3-5H2,1-2H3,(H,17,18). The minimum atomic E-state index is -0.116. The first kappa shape index (κ1) is 13.3. The van der Waals surface area contributed by atoms with Gasteiger partial charge in [0.15, 0.2) is 0 Å². The molecule has 18 heavy (non-hydrogen) atoms. The summed E-state index contributed by atoms with van der Waals surface area (Å²) in [4.78, 5) is 16.2. The van der Waals surface area contributed by atoms with E-state index in [-0.39, 0.29) is 11.9 Å². The monoisotopic (exact) mass is 267 g/mol. The number of hydrogen-bond acceptors (Lipinski definition) is 3. The molecule has 2 heterocycles. The first-order valence-corrected chi connectivity index (χ1v) is 6.62. The molecule has 0 saturated carbocycles. The van der Waals surface area contributed by atoms with Gasteiger partial charge in [-0.25, -0.2) is 4.98 Å². The molecule has 1 amide bonds. The van der Waals surface area contributed by atoms with E-state index >= 15 is 0 Å². The third-order valence-electron chi connectivity index (χ3n) is 3.33. The van der Waals surface area contributed by atoms with Crippen molar-refractivity contribution >= 4 is 23.2 Å². The predicted octanol–water partition coefficient (Wildman–Crippen LogP) is 2.37. The maximum Gasteiger partial charge on any atom is 0.241 e. The van der Waals surface area contributed by atoms with E-state index in [1.54, 1.807) is 6.20 Å². The number of pyridine rings is 1. The van der Waals surface area contributed by atoms with Gasteiger partial charge in [-0.15, -0.1) is 0 Å². The van der Waals surface area contributed by atoms with Crippen molar-refractivity contribution in [1.29, 1.82) is 0 Å². The maximum atomic E-state index is 12.1. The second kappa shape index (κ2) is 5.67. The highest BCUT2D eigenvalue weighted by molar-refractivity contribution is 6.30. The fourth-order valence-electron chi connectivity index (χ4n) is 2.25. The number of anilines is 1. The van der Waals surface area contributed by atoms with Crippen LogP contribution in [0.3, 0.4) is 0 Å². The molecule has 2 rings (SSSR count). The lowest BCUT2D eigenvalue weighted by Gasteiger charge is -2.28. The number of amides is 1. The molecule has 1 aromatic rings. The minimum absolute atomic E-state index is 0.00530. The van der Waals surface area contributed by atoms with Gasteiger partial charge in [0, 0.05) is 0 Å². The molecular weight excluding hydrogens is 250 g/mol. The van der Waals surface area contributed by atoms with E-state index in [9.17, 15) is 4.79 Å². The molecule has 0 radical (unpaired) electrons. The Morgan fingerprint density at radius 2 is 2.39 bits per heavy atom. The number of nitrogens with zero attached hydrogens (tertiary/aromatic N) is 1. The number of hydrogen-bond donors (Lipinski definition) is 2. The van der Waals surface area contributed by atoms with Gasteiger partial charge in [0.25, 0.3) is 0 Å². The Morgan fingerprint density at radius 1 is 1.61 bits per heavy atom. The van der Waals surface area contributed by atoms with Crippen LogP contribution >= 0.6 is 11.6 Å². The summed E-state index contributed by atoms with van der Waals surface area (Å²) in [6.45, 7) is 4.87. The van der Waals surface area contributed by atoms with Crippen LogP contribution in [0.2, 0.25) is 5.15 Å². The molecule has 4 nitrogen and oxygen atoms in total. The molecule has 0 aliphatic carbocycles. The average molecular weight is 268 g/mol. The SMILES string of the molecule is Cc1cc(NC(=O)C2NCCCC2C)cnc1Cl. The Balaban J connectivity index is 2.04. The van der Waals surface area contributed by atoms with E-state index in [2.05, 4.69) is 22.5 Å². The number of carbonyl (C=O) groups is 1. The second-order valence-electron chi connectivity index (χ2n) is 4.87. The fraction of sp³-hybridized carbons (Fsp3) is 0.538. The zero-order valence-corrected chi connectivity index (χ0v) is 11.4. The van der Waals surface area contributed by atoms with Crippen LogP contribution < -0.4 is 10.6 Å². The van der Waals surface area contributed by atoms with Crippen LogP contribution in [0.15, 0.2) is 12.3 Å². The Bertz CT molecular complexity index is 450. The smallest absolute Gasteiger partial charge is 0.241 e. The van der Waals surface area contributed by atoms with Gasteiger partial charge < -0.3 is 10.6 Å². The Kier molecular flexibility index (Phi) is 4.19. The maximum absolute atomic E-state index is 12.1. The second-order valence-corrected chi connectivity index (χ2v) is 5.23. The van der Waals surface area contributed by atoms with Crippen molar-refractivity contribution in [2.24, 2.45) is 5.92 Å². The molecule has 1 aromatic heterocycles. The van der Waals surface area contributed by atoms with Crippen molar-refractivity contribution in [2.45, 2.75) is 32.7 Å². The van der Waals surface area contributed by atoms with Crippen LogP contribution in [0, 0.1) is 12.8 Å². The lowest BCUT2D eigenvalue weighted by molar-refractivity contribution is -0.119. The molecule has 2 unspecified atom stereocenters. The van der Waals surface area contributed by atoms with Gasteiger partial charge in [-0.2, -0.15) is 0 Å². The largest absolute Gasteiger partial charge is 0.323 e.